The molecule has 0 aliphatic rings. The number of aliphatic hydroxyl groups is 1. The summed E-state index contributed by atoms with van der Waals surface area (Å²) in [7, 11) is 1.53. The third-order valence-corrected chi connectivity index (χ3v) is 2.44. The number of aliphatic hydroxyl groups excluding tert-OH is 1. The standard InChI is InChI=1S/C12H18O3/c1-8(2)10-6-9(4-5-13)12(14)11(7-10)15-3/h6-8,13-14H,4-5H2,1-3H3. The molecule has 0 radical (unpaired) electrons. The summed E-state index contributed by atoms with van der Waals surface area (Å²) in [6.07, 6.45) is 0.447. The first-order chi connectivity index (χ1) is 7.10. The maximum absolute atomic E-state index is 9.79. The Balaban J connectivity index is 3.19. The molecule has 1 rings (SSSR count). The average molecular weight is 210 g/mol. The molecular weight excluding hydrogens is 192 g/mol. The summed E-state index contributed by atoms with van der Waals surface area (Å²) in [5, 5.41) is 18.7. The van der Waals surface area contributed by atoms with Gasteiger partial charge in [0.1, 0.15) is 0 Å². The quantitative estimate of drug-likeness (QED) is 0.799. The van der Waals surface area contributed by atoms with Crippen LogP contribution < -0.4 is 4.74 Å². The van der Waals surface area contributed by atoms with Crippen molar-refractivity contribution >= 4 is 0 Å². The van der Waals surface area contributed by atoms with Crippen LogP contribution >= 0.6 is 0 Å². The van der Waals surface area contributed by atoms with Gasteiger partial charge in [0.15, 0.2) is 11.5 Å². The van der Waals surface area contributed by atoms with Crippen LogP contribution in [0.25, 0.3) is 0 Å². The van der Waals surface area contributed by atoms with Crippen molar-refractivity contribution in [2.75, 3.05) is 13.7 Å². The van der Waals surface area contributed by atoms with E-state index in [9.17, 15) is 5.11 Å². The lowest BCUT2D eigenvalue weighted by Crippen LogP contribution is -1.97. The van der Waals surface area contributed by atoms with Crippen molar-refractivity contribution in [3.05, 3.63) is 23.3 Å². The minimum Gasteiger partial charge on any atom is -0.504 e. The topological polar surface area (TPSA) is 49.7 Å². The van der Waals surface area contributed by atoms with Gasteiger partial charge in [0.2, 0.25) is 0 Å². The van der Waals surface area contributed by atoms with Gasteiger partial charge in [0.05, 0.1) is 7.11 Å². The fourth-order valence-electron chi connectivity index (χ4n) is 1.49. The van der Waals surface area contributed by atoms with E-state index in [1.807, 2.05) is 12.1 Å². The summed E-state index contributed by atoms with van der Waals surface area (Å²) >= 11 is 0. The lowest BCUT2D eigenvalue weighted by Gasteiger charge is -2.13. The van der Waals surface area contributed by atoms with Crippen molar-refractivity contribution < 1.29 is 14.9 Å². The van der Waals surface area contributed by atoms with E-state index in [0.29, 0.717) is 18.1 Å². The maximum Gasteiger partial charge on any atom is 0.161 e. The molecule has 0 heterocycles. The smallest absolute Gasteiger partial charge is 0.161 e. The van der Waals surface area contributed by atoms with E-state index >= 15 is 0 Å². The third kappa shape index (κ3) is 2.63. The van der Waals surface area contributed by atoms with Crippen LogP contribution in [0.1, 0.15) is 30.9 Å². The van der Waals surface area contributed by atoms with Crippen LogP contribution in [0.3, 0.4) is 0 Å². The predicted molar refractivity (Wildman–Crippen MR) is 59.5 cm³/mol. The van der Waals surface area contributed by atoms with Gasteiger partial charge in [-0.05, 0) is 24.0 Å². The number of hydrogen-bond acceptors (Lipinski definition) is 3. The van der Waals surface area contributed by atoms with Crippen LogP contribution in [-0.2, 0) is 6.42 Å². The van der Waals surface area contributed by atoms with Crippen LogP contribution in [0.4, 0.5) is 0 Å². The molecule has 0 aliphatic heterocycles. The van der Waals surface area contributed by atoms with E-state index in [2.05, 4.69) is 13.8 Å². The van der Waals surface area contributed by atoms with Gasteiger partial charge in [-0.3, -0.25) is 0 Å². The minimum absolute atomic E-state index is 0.0261. The summed E-state index contributed by atoms with van der Waals surface area (Å²) in [5.41, 5.74) is 1.84. The number of benzene rings is 1. The molecule has 0 spiro atoms. The van der Waals surface area contributed by atoms with Gasteiger partial charge in [-0.15, -0.1) is 0 Å². The number of aromatic hydroxyl groups is 1. The minimum atomic E-state index is 0.0261. The number of phenolic OH excluding ortho intramolecular Hbond substituents is 1. The summed E-state index contributed by atoms with van der Waals surface area (Å²) in [5.74, 6) is 0.984. The molecule has 0 fully saturated rings. The van der Waals surface area contributed by atoms with Gasteiger partial charge >= 0.3 is 0 Å². The van der Waals surface area contributed by atoms with Gasteiger partial charge in [0, 0.05) is 12.2 Å². The fourth-order valence-corrected chi connectivity index (χ4v) is 1.49. The molecule has 0 atom stereocenters. The molecule has 0 unspecified atom stereocenters. The molecule has 1 aromatic rings. The van der Waals surface area contributed by atoms with E-state index in [1.54, 1.807) is 0 Å². The average Bonchev–Trinajstić information content (AvgIpc) is 2.21. The molecule has 1 aromatic carbocycles. The Morgan fingerprint density at radius 3 is 2.47 bits per heavy atom. The highest BCUT2D eigenvalue weighted by Crippen LogP contribution is 2.34. The normalized spacial score (nSPS) is 10.7. The Hall–Kier alpha value is -1.22. The zero-order chi connectivity index (χ0) is 11.4. The van der Waals surface area contributed by atoms with Gasteiger partial charge in [0.25, 0.3) is 0 Å². The van der Waals surface area contributed by atoms with Crippen LogP contribution in [0.5, 0.6) is 11.5 Å². The van der Waals surface area contributed by atoms with Crippen molar-refractivity contribution in [2.45, 2.75) is 26.2 Å². The van der Waals surface area contributed by atoms with Crippen molar-refractivity contribution in [1.82, 2.24) is 0 Å². The summed E-state index contributed by atoms with van der Waals surface area (Å²) < 4.78 is 5.09. The van der Waals surface area contributed by atoms with Gasteiger partial charge < -0.3 is 14.9 Å². The number of ether oxygens (including phenoxy) is 1. The van der Waals surface area contributed by atoms with Crippen LogP contribution in [0.15, 0.2) is 12.1 Å². The first-order valence-corrected chi connectivity index (χ1v) is 5.10. The molecule has 0 aliphatic carbocycles. The van der Waals surface area contributed by atoms with Gasteiger partial charge in [-0.25, -0.2) is 0 Å². The van der Waals surface area contributed by atoms with Crippen molar-refractivity contribution in [1.29, 1.82) is 0 Å². The molecule has 3 heteroatoms. The SMILES string of the molecule is COc1cc(C(C)C)cc(CCO)c1O. The Labute approximate surface area is 90.3 Å². The molecule has 84 valence electrons. The van der Waals surface area contributed by atoms with Gasteiger partial charge in [-0.2, -0.15) is 0 Å². The van der Waals surface area contributed by atoms with Crippen molar-refractivity contribution in [3.63, 3.8) is 0 Å². The summed E-state index contributed by atoms with van der Waals surface area (Å²) in [6, 6.07) is 3.75. The van der Waals surface area contributed by atoms with Gasteiger partial charge in [-0.1, -0.05) is 19.9 Å². The van der Waals surface area contributed by atoms with E-state index in [4.69, 9.17) is 9.84 Å². The molecule has 0 saturated carbocycles. The second-order valence-electron chi connectivity index (χ2n) is 3.86. The molecular formula is C12H18O3. The van der Waals surface area contributed by atoms with Crippen molar-refractivity contribution in [2.24, 2.45) is 0 Å². The Bertz CT molecular complexity index is 332. The van der Waals surface area contributed by atoms with E-state index in [-0.39, 0.29) is 12.4 Å². The molecule has 0 bridgehead atoms. The molecule has 0 aromatic heterocycles. The second kappa shape index (κ2) is 5.03. The molecule has 2 N–H and O–H groups in total. The second-order valence-corrected chi connectivity index (χ2v) is 3.86. The molecule has 15 heavy (non-hydrogen) atoms. The first-order valence-electron chi connectivity index (χ1n) is 5.10. The highest BCUT2D eigenvalue weighted by molar-refractivity contribution is 5.49. The largest absolute Gasteiger partial charge is 0.504 e. The van der Waals surface area contributed by atoms with E-state index < -0.39 is 0 Å². The van der Waals surface area contributed by atoms with Crippen LogP contribution in [0, 0.1) is 0 Å². The lowest BCUT2D eigenvalue weighted by atomic mass is 9.98. The fraction of sp³-hybridized carbons (Fsp3) is 0.500. The number of hydrogen-bond donors (Lipinski definition) is 2. The predicted octanol–water partition coefficient (Wildman–Crippen LogP) is 2.06. The Kier molecular flexibility index (Phi) is 3.97. The van der Waals surface area contributed by atoms with E-state index in [0.717, 1.165) is 11.1 Å². The third-order valence-electron chi connectivity index (χ3n) is 2.44. The number of rotatable bonds is 4. The zero-order valence-corrected chi connectivity index (χ0v) is 9.45. The van der Waals surface area contributed by atoms with Crippen LogP contribution in [0.2, 0.25) is 0 Å². The summed E-state index contributed by atoms with van der Waals surface area (Å²) in [6.45, 7) is 4.18. The Morgan fingerprint density at radius 2 is 2.00 bits per heavy atom. The van der Waals surface area contributed by atoms with Crippen molar-refractivity contribution in [3.8, 4) is 11.5 Å². The molecule has 0 amide bonds. The molecule has 0 saturated heterocycles. The molecule has 3 nitrogen and oxygen atoms in total. The van der Waals surface area contributed by atoms with Crippen LogP contribution in [-0.4, -0.2) is 23.9 Å². The Morgan fingerprint density at radius 1 is 1.33 bits per heavy atom. The number of methoxy groups -OCH3 is 1. The monoisotopic (exact) mass is 210 g/mol. The number of phenols is 1. The zero-order valence-electron chi connectivity index (χ0n) is 9.45. The summed E-state index contributed by atoms with van der Waals surface area (Å²) in [4.78, 5) is 0. The first kappa shape index (κ1) is 11.9. The highest BCUT2D eigenvalue weighted by atomic mass is 16.5. The highest BCUT2D eigenvalue weighted by Gasteiger charge is 2.11. The lowest BCUT2D eigenvalue weighted by molar-refractivity contribution is 0.296. The van der Waals surface area contributed by atoms with E-state index in [1.165, 1.54) is 7.11 Å². The maximum atomic E-state index is 9.79.